The molecule has 170 valence electrons. The van der Waals surface area contributed by atoms with Gasteiger partial charge in [0.25, 0.3) is 5.56 Å². The van der Waals surface area contributed by atoms with Crippen LogP contribution in [0.1, 0.15) is 45.4 Å². The second-order valence-electron chi connectivity index (χ2n) is 7.46. The monoisotopic (exact) mass is 497 g/mol. The maximum absolute atomic E-state index is 13.6. The molecule has 1 aromatic carbocycles. The summed E-state index contributed by atoms with van der Waals surface area (Å²) in [5.41, 5.74) is 0.143. The van der Waals surface area contributed by atoms with E-state index in [0.29, 0.717) is 12.3 Å². The Labute approximate surface area is 191 Å². The first-order valence-electron chi connectivity index (χ1n) is 9.94. The molecule has 4 nitrogen and oxygen atoms in total. The van der Waals surface area contributed by atoms with Gasteiger partial charge in [-0.25, -0.2) is 8.78 Å². The van der Waals surface area contributed by atoms with Crippen LogP contribution in [0.3, 0.4) is 0 Å². The molecule has 0 fully saturated rings. The fourth-order valence-corrected chi connectivity index (χ4v) is 3.11. The van der Waals surface area contributed by atoms with Gasteiger partial charge in [-0.2, -0.15) is 0 Å². The minimum Gasteiger partial charge on any atom is -0.487 e. The predicted molar refractivity (Wildman–Crippen MR) is 124 cm³/mol. The molecule has 0 unspecified atom stereocenters. The van der Waals surface area contributed by atoms with Crippen LogP contribution in [-0.4, -0.2) is 15.3 Å². The molecule has 0 aliphatic carbocycles. The van der Waals surface area contributed by atoms with Gasteiger partial charge in [-0.3, -0.25) is 4.79 Å². The number of nitrogens with zero attached hydrogens (tertiary/aromatic N) is 1. The molecule has 0 amide bonds. The van der Waals surface area contributed by atoms with Gasteiger partial charge in [0.2, 0.25) is 0 Å². The van der Waals surface area contributed by atoms with E-state index in [1.54, 1.807) is 30.6 Å². The second kappa shape index (κ2) is 12.6. The zero-order valence-electron chi connectivity index (χ0n) is 18.6. The third-order valence-corrected chi connectivity index (χ3v) is 4.87. The predicted octanol–water partition coefficient (Wildman–Crippen LogP) is 6.08. The van der Waals surface area contributed by atoms with Gasteiger partial charge in [0, 0.05) is 29.9 Å². The molecule has 0 atom stereocenters. The standard InChI is InChI=1S/C18H18BrF2NO2.C6H12O/c1-3-4-5-8-22-12(2)9-16(17(19)18(22)23)24-11-13-6-7-14(20)10-15(13)21;1-4-5-6(2,3)7/h3-4,6-7,9-10H,5,8,11H2,1-2H3;4-5,7H,1-3H3/b4-3-;5-4+. The molecular formula is C24H30BrF2NO3. The minimum atomic E-state index is -0.678. The lowest BCUT2D eigenvalue weighted by atomic mass is 10.1. The van der Waals surface area contributed by atoms with Crippen LogP contribution in [0.2, 0.25) is 0 Å². The average Bonchev–Trinajstić information content (AvgIpc) is 2.67. The van der Waals surface area contributed by atoms with Crippen LogP contribution in [0.4, 0.5) is 8.78 Å². The number of hydrogen-bond acceptors (Lipinski definition) is 3. The molecule has 1 heterocycles. The number of hydrogen-bond donors (Lipinski definition) is 1. The summed E-state index contributed by atoms with van der Waals surface area (Å²) in [6, 6.07) is 5.02. The molecule has 7 heteroatoms. The molecule has 0 bridgehead atoms. The van der Waals surface area contributed by atoms with E-state index >= 15 is 0 Å². The zero-order chi connectivity index (χ0) is 23.6. The van der Waals surface area contributed by atoms with E-state index in [0.717, 1.165) is 18.2 Å². The molecule has 31 heavy (non-hydrogen) atoms. The van der Waals surface area contributed by atoms with Gasteiger partial charge in [-0.05, 0) is 69.1 Å². The van der Waals surface area contributed by atoms with Gasteiger partial charge in [0.05, 0.1) is 5.60 Å². The number of aryl methyl sites for hydroxylation is 1. The van der Waals surface area contributed by atoms with E-state index in [9.17, 15) is 13.6 Å². The van der Waals surface area contributed by atoms with Crippen molar-refractivity contribution in [1.82, 2.24) is 4.57 Å². The maximum Gasteiger partial charge on any atom is 0.268 e. The molecular weight excluding hydrogens is 468 g/mol. The summed E-state index contributed by atoms with van der Waals surface area (Å²) in [6.07, 6.45) is 8.25. The Morgan fingerprint density at radius 3 is 2.39 bits per heavy atom. The summed E-state index contributed by atoms with van der Waals surface area (Å²) in [5, 5.41) is 8.93. The molecule has 0 saturated heterocycles. The number of halogens is 3. The van der Waals surface area contributed by atoms with E-state index in [1.165, 1.54) is 12.1 Å². The van der Waals surface area contributed by atoms with Gasteiger partial charge in [-0.15, -0.1) is 0 Å². The van der Waals surface area contributed by atoms with Crippen molar-refractivity contribution >= 4 is 15.9 Å². The van der Waals surface area contributed by atoms with Crippen molar-refractivity contribution < 1.29 is 18.6 Å². The molecule has 0 saturated carbocycles. The highest BCUT2D eigenvalue weighted by Crippen LogP contribution is 2.24. The van der Waals surface area contributed by atoms with Crippen molar-refractivity contribution in [3.63, 3.8) is 0 Å². The van der Waals surface area contributed by atoms with E-state index < -0.39 is 17.2 Å². The Balaban J connectivity index is 0.000000592. The first kappa shape index (κ1) is 26.8. The third-order valence-electron chi connectivity index (χ3n) is 4.14. The molecule has 1 N–H and O–H groups in total. The first-order valence-corrected chi connectivity index (χ1v) is 10.7. The number of allylic oxidation sites excluding steroid dienone is 3. The van der Waals surface area contributed by atoms with Crippen molar-refractivity contribution in [2.24, 2.45) is 0 Å². The van der Waals surface area contributed by atoms with Crippen molar-refractivity contribution in [2.75, 3.05) is 0 Å². The summed E-state index contributed by atoms with van der Waals surface area (Å²) in [4.78, 5) is 12.4. The maximum atomic E-state index is 13.6. The Morgan fingerprint density at radius 2 is 1.87 bits per heavy atom. The van der Waals surface area contributed by atoms with Gasteiger partial charge >= 0.3 is 0 Å². The van der Waals surface area contributed by atoms with Gasteiger partial charge in [0.15, 0.2) is 0 Å². The fourth-order valence-electron chi connectivity index (χ4n) is 2.67. The van der Waals surface area contributed by atoms with Gasteiger partial charge in [-0.1, -0.05) is 24.3 Å². The zero-order valence-corrected chi connectivity index (χ0v) is 20.2. The van der Waals surface area contributed by atoms with Crippen LogP contribution in [-0.2, 0) is 13.2 Å². The van der Waals surface area contributed by atoms with E-state index in [4.69, 9.17) is 9.84 Å². The topological polar surface area (TPSA) is 51.5 Å². The number of rotatable bonds is 7. The van der Waals surface area contributed by atoms with Crippen LogP contribution < -0.4 is 10.3 Å². The highest BCUT2D eigenvalue weighted by molar-refractivity contribution is 9.10. The Hall–Kier alpha value is -2.25. The number of aliphatic hydroxyl groups is 1. The smallest absolute Gasteiger partial charge is 0.268 e. The summed E-state index contributed by atoms with van der Waals surface area (Å²) < 4.78 is 34.0. The van der Waals surface area contributed by atoms with Crippen LogP contribution in [0.15, 0.2) is 57.8 Å². The summed E-state index contributed by atoms with van der Waals surface area (Å²) in [7, 11) is 0. The average molecular weight is 498 g/mol. The van der Waals surface area contributed by atoms with Gasteiger partial charge < -0.3 is 14.4 Å². The quantitative estimate of drug-likeness (QED) is 0.471. The Kier molecular flexibility index (Phi) is 10.9. The number of ether oxygens (including phenoxy) is 1. The molecule has 0 radical (unpaired) electrons. The third kappa shape index (κ3) is 9.19. The van der Waals surface area contributed by atoms with E-state index in [1.807, 2.05) is 39.0 Å². The lowest BCUT2D eigenvalue weighted by Gasteiger charge is -2.14. The molecule has 2 rings (SSSR count). The van der Waals surface area contributed by atoms with E-state index in [-0.39, 0.29) is 22.2 Å². The summed E-state index contributed by atoms with van der Waals surface area (Å²) in [5.74, 6) is -0.983. The van der Waals surface area contributed by atoms with Crippen LogP contribution in [0, 0.1) is 18.6 Å². The summed E-state index contributed by atoms with van der Waals surface area (Å²) >= 11 is 3.25. The molecule has 0 aliphatic rings. The van der Waals surface area contributed by atoms with Crippen molar-refractivity contribution in [3.05, 3.63) is 86.3 Å². The second-order valence-corrected chi connectivity index (χ2v) is 8.25. The van der Waals surface area contributed by atoms with Crippen molar-refractivity contribution in [1.29, 1.82) is 0 Å². The fraction of sp³-hybridized carbons (Fsp3) is 0.375. The molecule has 1 aromatic heterocycles. The Bertz CT molecular complexity index is 976. The highest BCUT2D eigenvalue weighted by atomic mass is 79.9. The van der Waals surface area contributed by atoms with E-state index in [2.05, 4.69) is 15.9 Å². The Morgan fingerprint density at radius 1 is 1.19 bits per heavy atom. The van der Waals surface area contributed by atoms with Crippen LogP contribution in [0.25, 0.3) is 0 Å². The number of aromatic nitrogens is 1. The first-order chi connectivity index (χ1) is 14.5. The minimum absolute atomic E-state index is 0.0911. The van der Waals surface area contributed by atoms with Gasteiger partial charge in [0.1, 0.15) is 28.5 Å². The number of pyridine rings is 1. The van der Waals surface area contributed by atoms with Crippen molar-refractivity contribution in [2.45, 2.75) is 59.8 Å². The highest BCUT2D eigenvalue weighted by Gasteiger charge is 2.13. The largest absolute Gasteiger partial charge is 0.487 e. The SMILES string of the molecule is C/C=C/C(C)(C)O.C/C=C\CCn1c(C)cc(OCc2ccc(F)cc2F)c(Br)c1=O. The number of benzene rings is 1. The lowest BCUT2D eigenvalue weighted by Crippen LogP contribution is -2.23. The van der Waals surface area contributed by atoms with Crippen LogP contribution in [0.5, 0.6) is 5.75 Å². The molecule has 0 spiro atoms. The van der Waals surface area contributed by atoms with Crippen LogP contribution >= 0.6 is 15.9 Å². The molecule has 2 aromatic rings. The summed E-state index contributed by atoms with van der Waals surface area (Å²) in [6.45, 7) is 9.59. The van der Waals surface area contributed by atoms with Crippen molar-refractivity contribution in [3.8, 4) is 5.75 Å². The normalized spacial score (nSPS) is 11.6. The molecule has 0 aliphatic heterocycles. The lowest BCUT2D eigenvalue weighted by molar-refractivity contribution is 0.133.